The Morgan fingerprint density at radius 1 is 1.12 bits per heavy atom. The van der Waals surface area contributed by atoms with Crippen LogP contribution in [0.3, 0.4) is 0 Å². The van der Waals surface area contributed by atoms with Gasteiger partial charge in [-0.1, -0.05) is 30.0 Å². The molecule has 32 heavy (non-hydrogen) atoms. The maximum Gasteiger partial charge on any atom is 0.233 e. The minimum atomic E-state index is 0.153. The average Bonchev–Trinajstić information content (AvgIpc) is 3.46. The molecule has 3 heterocycles. The van der Waals surface area contributed by atoms with Crippen LogP contribution in [0.5, 0.6) is 0 Å². The van der Waals surface area contributed by atoms with Gasteiger partial charge in [0.1, 0.15) is 5.52 Å². The van der Waals surface area contributed by atoms with Crippen LogP contribution in [0.15, 0.2) is 64.4 Å². The van der Waals surface area contributed by atoms with Gasteiger partial charge in [0.05, 0.1) is 5.75 Å². The average molecular weight is 447 g/mol. The number of nitrogens with zero attached hydrogens (tertiary/aromatic N) is 4. The number of imidazole rings is 1. The molecule has 1 aliphatic heterocycles. The lowest BCUT2D eigenvalue weighted by atomic mass is 9.97. The molecular weight excluding hydrogens is 420 g/mol. The van der Waals surface area contributed by atoms with Gasteiger partial charge in [0, 0.05) is 37.1 Å². The highest BCUT2D eigenvalue weighted by Crippen LogP contribution is 2.30. The van der Waals surface area contributed by atoms with Gasteiger partial charge >= 0.3 is 0 Å². The largest absolute Gasteiger partial charge is 0.440 e. The Kier molecular flexibility index (Phi) is 5.74. The predicted octanol–water partition coefficient (Wildman–Crippen LogP) is 5.13. The smallest absolute Gasteiger partial charge is 0.233 e. The Hall–Kier alpha value is -3.06. The number of thioether (sulfide) groups is 1. The second kappa shape index (κ2) is 8.82. The minimum absolute atomic E-state index is 0.153. The quantitative estimate of drug-likeness (QED) is 0.398. The second-order valence-corrected chi connectivity index (χ2v) is 9.25. The van der Waals surface area contributed by atoms with E-state index in [2.05, 4.69) is 42.0 Å². The minimum Gasteiger partial charge on any atom is -0.440 e. The normalized spacial score (nSPS) is 14.9. The molecule has 6 nitrogen and oxygen atoms in total. The summed E-state index contributed by atoms with van der Waals surface area (Å²) in [5.41, 5.74) is 5.30. The van der Waals surface area contributed by atoms with Crippen molar-refractivity contribution in [3.63, 3.8) is 0 Å². The van der Waals surface area contributed by atoms with Gasteiger partial charge in [-0.3, -0.25) is 9.36 Å². The lowest BCUT2D eigenvalue weighted by Gasteiger charge is -2.30. The summed E-state index contributed by atoms with van der Waals surface area (Å²) in [4.78, 5) is 23.9. The van der Waals surface area contributed by atoms with E-state index in [9.17, 15) is 4.79 Å². The highest BCUT2D eigenvalue weighted by atomic mass is 32.2. The molecule has 7 heteroatoms. The van der Waals surface area contributed by atoms with Crippen molar-refractivity contribution < 1.29 is 9.21 Å². The summed E-state index contributed by atoms with van der Waals surface area (Å²) in [5.74, 6) is 1.60. The number of benzene rings is 2. The van der Waals surface area contributed by atoms with Crippen molar-refractivity contribution in [2.24, 2.45) is 0 Å². The molecule has 1 aliphatic rings. The highest BCUT2D eigenvalue weighted by Gasteiger charge is 2.27. The van der Waals surface area contributed by atoms with E-state index in [-0.39, 0.29) is 11.8 Å². The first-order valence-corrected chi connectivity index (χ1v) is 11.9. The third-order valence-corrected chi connectivity index (χ3v) is 7.16. The number of carbonyl (C=O) groups is 1. The van der Waals surface area contributed by atoms with Crippen LogP contribution in [0.1, 0.15) is 35.8 Å². The van der Waals surface area contributed by atoms with Crippen molar-refractivity contribution in [1.82, 2.24) is 19.4 Å². The maximum absolute atomic E-state index is 12.9. The summed E-state index contributed by atoms with van der Waals surface area (Å²) in [6, 6.07) is 14.2. The summed E-state index contributed by atoms with van der Waals surface area (Å²) in [6.45, 7) is 5.67. The van der Waals surface area contributed by atoms with Gasteiger partial charge in [-0.15, -0.1) is 0 Å². The molecule has 2 aromatic heterocycles. The maximum atomic E-state index is 12.9. The van der Waals surface area contributed by atoms with Crippen LogP contribution >= 0.6 is 11.8 Å². The molecule has 0 bridgehead atoms. The van der Waals surface area contributed by atoms with Crippen molar-refractivity contribution in [3.8, 4) is 5.69 Å². The standard InChI is InChI=1S/C25H26N4O2S/c1-17-7-8-20(15-18(17)2)29-14-11-26-25(29)32-16-23(30)28-12-9-19(10-13-28)24-27-21-5-3-4-6-22(21)31-24/h3-8,11,14-15,19H,9-10,12-13,16H2,1-2H3. The number of amides is 1. The molecule has 0 atom stereocenters. The number of hydrogen-bond donors (Lipinski definition) is 0. The van der Waals surface area contributed by atoms with Crippen LogP contribution in [0.25, 0.3) is 16.8 Å². The van der Waals surface area contributed by atoms with Crippen LogP contribution in [-0.2, 0) is 4.79 Å². The molecule has 1 amide bonds. The van der Waals surface area contributed by atoms with E-state index in [0.717, 1.165) is 53.8 Å². The van der Waals surface area contributed by atoms with E-state index in [1.54, 1.807) is 6.20 Å². The molecule has 0 spiro atoms. The SMILES string of the molecule is Cc1ccc(-n2ccnc2SCC(=O)N2CCC(c3nc4ccccc4o3)CC2)cc1C. The number of rotatable bonds is 5. The molecule has 0 saturated carbocycles. The van der Waals surface area contributed by atoms with Gasteiger partial charge in [-0.25, -0.2) is 9.97 Å². The lowest BCUT2D eigenvalue weighted by molar-refractivity contribution is -0.129. The van der Waals surface area contributed by atoms with Gasteiger partial charge in [0.15, 0.2) is 16.6 Å². The molecule has 0 N–H and O–H groups in total. The Bertz CT molecular complexity index is 1220. The zero-order chi connectivity index (χ0) is 22.1. The molecule has 4 aromatic rings. The van der Waals surface area contributed by atoms with E-state index in [0.29, 0.717) is 5.75 Å². The Morgan fingerprint density at radius 3 is 2.72 bits per heavy atom. The van der Waals surface area contributed by atoms with E-state index in [1.165, 1.54) is 22.9 Å². The second-order valence-electron chi connectivity index (χ2n) is 8.31. The van der Waals surface area contributed by atoms with Gasteiger partial charge in [-0.05, 0) is 62.1 Å². The number of likely N-dealkylation sites (tertiary alicyclic amines) is 1. The number of hydrogen-bond acceptors (Lipinski definition) is 5. The van der Waals surface area contributed by atoms with Gasteiger partial charge in [0.2, 0.25) is 5.91 Å². The third kappa shape index (κ3) is 4.17. The Labute approximate surface area is 191 Å². The zero-order valence-corrected chi connectivity index (χ0v) is 19.1. The monoisotopic (exact) mass is 446 g/mol. The van der Waals surface area contributed by atoms with Crippen LogP contribution in [0.4, 0.5) is 0 Å². The van der Waals surface area contributed by atoms with E-state index >= 15 is 0 Å². The summed E-state index contributed by atoms with van der Waals surface area (Å²) in [6.07, 6.45) is 5.48. The fraction of sp³-hybridized carbons (Fsp3) is 0.320. The fourth-order valence-corrected chi connectivity index (χ4v) is 5.00. The highest BCUT2D eigenvalue weighted by molar-refractivity contribution is 7.99. The number of para-hydroxylation sites is 2. The number of carbonyl (C=O) groups excluding carboxylic acids is 1. The van der Waals surface area contributed by atoms with Gasteiger partial charge in [-0.2, -0.15) is 0 Å². The van der Waals surface area contributed by atoms with Crippen molar-refractivity contribution >= 4 is 28.8 Å². The Morgan fingerprint density at radius 2 is 1.94 bits per heavy atom. The van der Waals surface area contributed by atoms with E-state index in [1.807, 2.05) is 39.9 Å². The van der Waals surface area contributed by atoms with E-state index in [4.69, 9.17) is 4.42 Å². The molecule has 2 aromatic carbocycles. The first-order chi connectivity index (χ1) is 15.6. The molecule has 0 unspecified atom stereocenters. The number of fused-ring (bicyclic) bond motifs is 1. The molecule has 1 fully saturated rings. The summed E-state index contributed by atoms with van der Waals surface area (Å²) >= 11 is 1.49. The molecular formula is C25H26N4O2S. The van der Waals surface area contributed by atoms with Gasteiger partial charge < -0.3 is 9.32 Å². The summed E-state index contributed by atoms with van der Waals surface area (Å²) in [5, 5.41) is 0.836. The zero-order valence-electron chi connectivity index (χ0n) is 18.3. The Balaban J connectivity index is 1.18. The van der Waals surface area contributed by atoms with Crippen LogP contribution in [-0.4, -0.2) is 44.2 Å². The fourth-order valence-electron chi connectivity index (χ4n) is 4.13. The van der Waals surface area contributed by atoms with Crippen molar-refractivity contribution in [2.75, 3.05) is 18.8 Å². The first-order valence-electron chi connectivity index (χ1n) is 11.0. The molecule has 164 valence electrons. The van der Waals surface area contributed by atoms with Crippen molar-refractivity contribution in [2.45, 2.75) is 37.8 Å². The van der Waals surface area contributed by atoms with Crippen LogP contribution in [0.2, 0.25) is 0 Å². The third-order valence-electron chi connectivity index (χ3n) is 6.21. The topological polar surface area (TPSA) is 64.2 Å². The number of aromatic nitrogens is 3. The number of aryl methyl sites for hydroxylation is 2. The van der Waals surface area contributed by atoms with Crippen molar-refractivity contribution in [1.29, 1.82) is 0 Å². The number of piperidine rings is 1. The molecule has 0 radical (unpaired) electrons. The van der Waals surface area contributed by atoms with E-state index < -0.39 is 0 Å². The molecule has 0 aliphatic carbocycles. The van der Waals surface area contributed by atoms with Crippen LogP contribution < -0.4 is 0 Å². The summed E-state index contributed by atoms with van der Waals surface area (Å²) < 4.78 is 7.99. The first kappa shape index (κ1) is 20.8. The molecule has 5 rings (SSSR count). The number of oxazole rings is 1. The lowest BCUT2D eigenvalue weighted by Crippen LogP contribution is -2.39. The van der Waals surface area contributed by atoms with Gasteiger partial charge in [0.25, 0.3) is 0 Å². The van der Waals surface area contributed by atoms with Crippen LogP contribution in [0, 0.1) is 13.8 Å². The van der Waals surface area contributed by atoms with Crippen molar-refractivity contribution in [3.05, 3.63) is 71.9 Å². The molecule has 1 saturated heterocycles. The summed E-state index contributed by atoms with van der Waals surface area (Å²) in [7, 11) is 0. The predicted molar refractivity (Wildman–Crippen MR) is 126 cm³/mol.